The van der Waals surface area contributed by atoms with Gasteiger partial charge in [0, 0.05) is 0 Å². The number of amides is 2. The van der Waals surface area contributed by atoms with Crippen molar-refractivity contribution in [1.29, 1.82) is 0 Å². The zero-order valence-electron chi connectivity index (χ0n) is 13.8. The van der Waals surface area contributed by atoms with Gasteiger partial charge >= 0.3 is 5.97 Å². The second-order valence-corrected chi connectivity index (χ2v) is 6.38. The Hall–Kier alpha value is -2.48. The molecule has 2 aliphatic rings. The average molecular weight is 363 g/mol. The van der Waals surface area contributed by atoms with E-state index in [1.165, 1.54) is 6.92 Å². The van der Waals surface area contributed by atoms with Gasteiger partial charge in [0.2, 0.25) is 0 Å². The maximum atomic E-state index is 12.5. The Bertz CT molecular complexity index is 760. The molecule has 132 valence electrons. The first-order valence-corrected chi connectivity index (χ1v) is 8.66. The molecule has 0 unspecified atom stereocenters. The van der Waals surface area contributed by atoms with Gasteiger partial charge in [-0.15, -0.1) is 0 Å². The van der Waals surface area contributed by atoms with Crippen LogP contribution in [0.5, 0.6) is 11.5 Å². The SMILES string of the molecule is CCOC(=O)[C@@H](C)N1C(=O)S/C(=C\c2ccc3c(c2)OCCO3)C1=O. The van der Waals surface area contributed by atoms with E-state index in [1.807, 2.05) is 0 Å². The fourth-order valence-corrected chi connectivity index (χ4v) is 3.39. The Morgan fingerprint density at radius 2 is 2.04 bits per heavy atom. The molecule has 2 amide bonds. The summed E-state index contributed by atoms with van der Waals surface area (Å²) in [7, 11) is 0. The van der Waals surface area contributed by atoms with Crippen LogP contribution < -0.4 is 9.47 Å². The number of carbonyl (C=O) groups is 3. The number of imide groups is 1. The Kier molecular flexibility index (Phi) is 4.98. The van der Waals surface area contributed by atoms with E-state index in [-0.39, 0.29) is 11.5 Å². The quantitative estimate of drug-likeness (QED) is 0.600. The summed E-state index contributed by atoms with van der Waals surface area (Å²) in [5.41, 5.74) is 0.707. The maximum absolute atomic E-state index is 12.5. The van der Waals surface area contributed by atoms with Gasteiger partial charge in [0.1, 0.15) is 19.3 Å². The van der Waals surface area contributed by atoms with Crippen LogP contribution in [0.3, 0.4) is 0 Å². The highest BCUT2D eigenvalue weighted by atomic mass is 32.2. The van der Waals surface area contributed by atoms with Gasteiger partial charge in [-0.3, -0.25) is 14.5 Å². The van der Waals surface area contributed by atoms with Gasteiger partial charge in [0.15, 0.2) is 11.5 Å². The second-order valence-electron chi connectivity index (χ2n) is 5.38. The van der Waals surface area contributed by atoms with Crippen LogP contribution in [0.4, 0.5) is 4.79 Å². The molecule has 0 N–H and O–H groups in total. The lowest BCUT2D eigenvalue weighted by atomic mass is 10.1. The van der Waals surface area contributed by atoms with Crippen LogP contribution in [0, 0.1) is 0 Å². The molecule has 2 aliphatic heterocycles. The monoisotopic (exact) mass is 363 g/mol. The van der Waals surface area contributed by atoms with E-state index in [1.54, 1.807) is 31.2 Å². The average Bonchev–Trinajstić information content (AvgIpc) is 2.88. The number of hydrogen-bond donors (Lipinski definition) is 0. The predicted octanol–water partition coefficient (Wildman–Crippen LogP) is 2.45. The number of thioether (sulfide) groups is 1. The van der Waals surface area contributed by atoms with E-state index >= 15 is 0 Å². The third kappa shape index (κ3) is 3.48. The fourth-order valence-electron chi connectivity index (χ4n) is 2.48. The van der Waals surface area contributed by atoms with Crippen LogP contribution in [-0.4, -0.2) is 47.9 Å². The minimum absolute atomic E-state index is 0.187. The van der Waals surface area contributed by atoms with E-state index < -0.39 is 23.2 Å². The maximum Gasteiger partial charge on any atom is 0.329 e. The fraction of sp³-hybridized carbons (Fsp3) is 0.353. The molecular formula is C17H17NO6S. The topological polar surface area (TPSA) is 82.1 Å². The number of hydrogen-bond acceptors (Lipinski definition) is 7. The number of benzene rings is 1. The largest absolute Gasteiger partial charge is 0.486 e. The van der Waals surface area contributed by atoms with Gasteiger partial charge in [-0.2, -0.15) is 0 Å². The molecule has 25 heavy (non-hydrogen) atoms. The summed E-state index contributed by atoms with van der Waals surface area (Å²) in [6.07, 6.45) is 1.60. The molecule has 0 spiro atoms. The van der Waals surface area contributed by atoms with Crippen molar-refractivity contribution < 1.29 is 28.6 Å². The molecule has 1 aromatic carbocycles. The number of carbonyl (C=O) groups excluding carboxylic acids is 3. The summed E-state index contributed by atoms with van der Waals surface area (Å²) < 4.78 is 15.8. The van der Waals surface area contributed by atoms with Crippen molar-refractivity contribution in [2.24, 2.45) is 0 Å². The number of esters is 1. The first-order chi connectivity index (χ1) is 12.0. The normalized spacial score (nSPS) is 19.3. The van der Waals surface area contributed by atoms with E-state index in [0.717, 1.165) is 16.7 Å². The van der Waals surface area contributed by atoms with Crippen molar-refractivity contribution in [2.75, 3.05) is 19.8 Å². The minimum Gasteiger partial charge on any atom is -0.486 e. The van der Waals surface area contributed by atoms with Crippen LogP contribution in [0.25, 0.3) is 6.08 Å². The lowest BCUT2D eigenvalue weighted by Gasteiger charge is -2.19. The zero-order valence-corrected chi connectivity index (χ0v) is 14.6. The second kappa shape index (κ2) is 7.18. The molecular weight excluding hydrogens is 346 g/mol. The molecule has 1 saturated heterocycles. The van der Waals surface area contributed by atoms with Crippen molar-refractivity contribution in [3.8, 4) is 11.5 Å². The van der Waals surface area contributed by atoms with Crippen molar-refractivity contribution in [3.63, 3.8) is 0 Å². The third-order valence-corrected chi connectivity index (χ3v) is 4.59. The number of rotatable bonds is 4. The van der Waals surface area contributed by atoms with Crippen LogP contribution in [0.1, 0.15) is 19.4 Å². The van der Waals surface area contributed by atoms with Crippen LogP contribution in [0.2, 0.25) is 0 Å². The van der Waals surface area contributed by atoms with E-state index in [0.29, 0.717) is 30.3 Å². The summed E-state index contributed by atoms with van der Waals surface area (Å²) in [6.45, 7) is 4.29. The minimum atomic E-state index is -0.960. The Morgan fingerprint density at radius 3 is 2.76 bits per heavy atom. The van der Waals surface area contributed by atoms with E-state index in [2.05, 4.69) is 0 Å². The van der Waals surface area contributed by atoms with E-state index in [4.69, 9.17) is 14.2 Å². The van der Waals surface area contributed by atoms with Gasteiger partial charge in [0.05, 0.1) is 11.5 Å². The van der Waals surface area contributed by atoms with Crippen molar-refractivity contribution >= 4 is 35.0 Å². The molecule has 8 heteroatoms. The molecule has 2 heterocycles. The Balaban J connectivity index is 1.82. The molecule has 0 aromatic heterocycles. The number of nitrogens with zero attached hydrogens (tertiary/aromatic N) is 1. The predicted molar refractivity (Wildman–Crippen MR) is 91.3 cm³/mol. The van der Waals surface area contributed by atoms with Gasteiger partial charge in [-0.05, 0) is 49.4 Å². The van der Waals surface area contributed by atoms with Crippen molar-refractivity contribution in [1.82, 2.24) is 4.90 Å². The van der Waals surface area contributed by atoms with Gasteiger partial charge in [-0.1, -0.05) is 6.07 Å². The van der Waals surface area contributed by atoms with Crippen LogP contribution in [-0.2, 0) is 14.3 Å². The molecule has 1 aromatic rings. The van der Waals surface area contributed by atoms with Crippen LogP contribution >= 0.6 is 11.8 Å². The smallest absolute Gasteiger partial charge is 0.329 e. The van der Waals surface area contributed by atoms with Gasteiger partial charge in [-0.25, -0.2) is 4.79 Å². The molecule has 0 radical (unpaired) electrons. The Labute approximate surface area is 148 Å². The summed E-state index contributed by atoms with van der Waals surface area (Å²) >= 11 is 0.797. The summed E-state index contributed by atoms with van der Waals surface area (Å²) in [5.74, 6) is 0.127. The third-order valence-electron chi connectivity index (χ3n) is 3.70. The van der Waals surface area contributed by atoms with E-state index in [9.17, 15) is 14.4 Å². The van der Waals surface area contributed by atoms with Gasteiger partial charge in [0.25, 0.3) is 11.1 Å². The molecule has 0 bridgehead atoms. The first-order valence-electron chi connectivity index (χ1n) is 7.84. The van der Waals surface area contributed by atoms with Gasteiger partial charge < -0.3 is 14.2 Å². The molecule has 0 aliphatic carbocycles. The standard InChI is InChI=1S/C17H17NO6S/c1-3-22-16(20)10(2)18-15(19)14(25-17(18)21)9-11-4-5-12-13(8-11)24-7-6-23-12/h4-5,8-10H,3,6-7H2,1-2H3/b14-9-/t10-/m1/s1. The summed E-state index contributed by atoms with van der Waals surface area (Å²) in [5, 5.41) is -0.491. The lowest BCUT2D eigenvalue weighted by molar-refractivity contribution is -0.150. The zero-order chi connectivity index (χ0) is 18.0. The Morgan fingerprint density at radius 1 is 1.32 bits per heavy atom. The van der Waals surface area contributed by atoms with Crippen molar-refractivity contribution in [2.45, 2.75) is 19.9 Å². The highest BCUT2D eigenvalue weighted by Crippen LogP contribution is 2.36. The first kappa shape index (κ1) is 17.3. The highest BCUT2D eigenvalue weighted by Gasteiger charge is 2.41. The summed E-state index contributed by atoms with van der Waals surface area (Å²) in [6, 6.07) is 4.32. The summed E-state index contributed by atoms with van der Waals surface area (Å²) in [4.78, 5) is 37.6. The molecule has 1 atom stereocenters. The highest BCUT2D eigenvalue weighted by molar-refractivity contribution is 8.18. The molecule has 3 rings (SSSR count). The van der Waals surface area contributed by atoms with Crippen LogP contribution in [0.15, 0.2) is 23.1 Å². The number of fused-ring (bicyclic) bond motifs is 1. The lowest BCUT2D eigenvalue weighted by Crippen LogP contribution is -2.42. The molecule has 1 fully saturated rings. The molecule has 7 nitrogen and oxygen atoms in total. The van der Waals surface area contributed by atoms with Crippen molar-refractivity contribution in [3.05, 3.63) is 28.7 Å². The molecule has 0 saturated carbocycles. The number of ether oxygens (including phenoxy) is 3.